The molecule has 0 bridgehead atoms. The number of benzene rings is 1. The molecule has 0 fully saturated rings. The van der Waals surface area contributed by atoms with Crippen LogP contribution in [0.4, 0.5) is 5.95 Å². The van der Waals surface area contributed by atoms with E-state index in [-0.39, 0.29) is 23.0 Å². The summed E-state index contributed by atoms with van der Waals surface area (Å²) in [6, 6.07) is 3.75. The van der Waals surface area contributed by atoms with E-state index in [0.29, 0.717) is 11.4 Å². The summed E-state index contributed by atoms with van der Waals surface area (Å²) in [6.45, 7) is 3.52. The zero-order valence-electron chi connectivity index (χ0n) is 10.4. The standard InChI is InChI=1S/C12H12N4O3/c1-6-7(2)15-16-12(13-6)14-11(19)8-3-4-9(17)10(18)5-8/h3-5,17-18H,1-2H3,(H,13,14,16,19). The molecular formula is C12H12N4O3. The van der Waals surface area contributed by atoms with Crippen LogP contribution in [0.1, 0.15) is 21.7 Å². The van der Waals surface area contributed by atoms with E-state index in [9.17, 15) is 9.90 Å². The number of carbonyl (C=O) groups is 1. The van der Waals surface area contributed by atoms with Crippen LogP contribution in [0.15, 0.2) is 18.2 Å². The topological polar surface area (TPSA) is 108 Å². The molecule has 1 amide bonds. The lowest BCUT2D eigenvalue weighted by atomic mass is 10.2. The lowest BCUT2D eigenvalue weighted by molar-refractivity contribution is 0.102. The molecule has 7 heteroatoms. The second-order valence-corrected chi connectivity index (χ2v) is 3.96. The number of aryl methyl sites for hydroxylation is 2. The van der Waals surface area contributed by atoms with Gasteiger partial charge in [-0.25, -0.2) is 4.98 Å². The van der Waals surface area contributed by atoms with Gasteiger partial charge in [-0.05, 0) is 32.0 Å². The van der Waals surface area contributed by atoms with Crippen molar-refractivity contribution >= 4 is 11.9 Å². The van der Waals surface area contributed by atoms with Crippen molar-refractivity contribution in [3.05, 3.63) is 35.2 Å². The molecule has 0 saturated carbocycles. The number of hydrogen-bond acceptors (Lipinski definition) is 6. The van der Waals surface area contributed by atoms with Gasteiger partial charge in [-0.3, -0.25) is 10.1 Å². The van der Waals surface area contributed by atoms with E-state index in [1.165, 1.54) is 12.1 Å². The van der Waals surface area contributed by atoms with Crippen LogP contribution in [0.2, 0.25) is 0 Å². The van der Waals surface area contributed by atoms with Crippen molar-refractivity contribution in [2.24, 2.45) is 0 Å². The Labute approximate surface area is 109 Å². The number of aromatic nitrogens is 3. The van der Waals surface area contributed by atoms with Crippen molar-refractivity contribution in [2.45, 2.75) is 13.8 Å². The van der Waals surface area contributed by atoms with Gasteiger partial charge in [0.15, 0.2) is 11.5 Å². The second-order valence-electron chi connectivity index (χ2n) is 3.96. The van der Waals surface area contributed by atoms with Crippen LogP contribution < -0.4 is 5.32 Å². The van der Waals surface area contributed by atoms with Gasteiger partial charge in [0.25, 0.3) is 5.91 Å². The van der Waals surface area contributed by atoms with Gasteiger partial charge in [0, 0.05) is 5.56 Å². The number of nitrogens with one attached hydrogen (secondary N) is 1. The number of amides is 1. The molecule has 0 spiro atoms. The van der Waals surface area contributed by atoms with Crippen molar-refractivity contribution < 1.29 is 15.0 Å². The minimum atomic E-state index is -0.500. The molecule has 7 nitrogen and oxygen atoms in total. The van der Waals surface area contributed by atoms with E-state index in [0.717, 1.165) is 6.07 Å². The quantitative estimate of drug-likeness (QED) is 0.699. The third kappa shape index (κ3) is 2.76. The summed E-state index contributed by atoms with van der Waals surface area (Å²) in [7, 11) is 0. The first-order valence-electron chi connectivity index (χ1n) is 5.48. The van der Waals surface area contributed by atoms with Gasteiger partial charge in [-0.2, -0.15) is 5.10 Å². The Kier molecular flexibility index (Phi) is 3.28. The summed E-state index contributed by atoms with van der Waals surface area (Å²) in [4.78, 5) is 15.9. The highest BCUT2D eigenvalue weighted by Gasteiger charge is 2.11. The van der Waals surface area contributed by atoms with Gasteiger partial charge < -0.3 is 10.2 Å². The fourth-order valence-electron chi connectivity index (χ4n) is 1.35. The summed E-state index contributed by atoms with van der Waals surface area (Å²) in [6.07, 6.45) is 0. The summed E-state index contributed by atoms with van der Waals surface area (Å²) >= 11 is 0. The molecule has 0 radical (unpaired) electrons. The second kappa shape index (κ2) is 4.89. The van der Waals surface area contributed by atoms with Crippen LogP contribution in [0.25, 0.3) is 0 Å². The molecular weight excluding hydrogens is 248 g/mol. The van der Waals surface area contributed by atoms with Crippen LogP contribution in [0.3, 0.4) is 0 Å². The van der Waals surface area contributed by atoms with Gasteiger partial charge in [0.05, 0.1) is 11.4 Å². The average molecular weight is 260 g/mol. The van der Waals surface area contributed by atoms with E-state index < -0.39 is 5.91 Å². The van der Waals surface area contributed by atoms with Crippen LogP contribution in [0, 0.1) is 13.8 Å². The largest absolute Gasteiger partial charge is 0.504 e. The van der Waals surface area contributed by atoms with E-state index in [1.54, 1.807) is 13.8 Å². The Morgan fingerprint density at radius 3 is 2.47 bits per heavy atom. The number of nitrogens with zero attached hydrogens (tertiary/aromatic N) is 3. The zero-order chi connectivity index (χ0) is 14.0. The fourth-order valence-corrected chi connectivity index (χ4v) is 1.35. The van der Waals surface area contributed by atoms with Crippen LogP contribution in [-0.4, -0.2) is 31.3 Å². The maximum atomic E-state index is 11.9. The number of anilines is 1. The molecule has 0 aliphatic carbocycles. The Hall–Kier alpha value is -2.70. The number of aromatic hydroxyl groups is 2. The van der Waals surface area contributed by atoms with Crippen molar-refractivity contribution in [1.82, 2.24) is 15.2 Å². The molecule has 0 aliphatic heterocycles. The van der Waals surface area contributed by atoms with Crippen LogP contribution in [0.5, 0.6) is 11.5 Å². The fraction of sp³-hybridized carbons (Fsp3) is 0.167. The SMILES string of the molecule is Cc1nnc(NC(=O)c2ccc(O)c(O)c2)nc1C. The van der Waals surface area contributed by atoms with E-state index in [1.807, 2.05) is 0 Å². The van der Waals surface area contributed by atoms with E-state index in [4.69, 9.17) is 5.11 Å². The lowest BCUT2D eigenvalue weighted by Gasteiger charge is -2.05. The van der Waals surface area contributed by atoms with Gasteiger partial charge in [0.1, 0.15) is 0 Å². The number of hydrogen-bond donors (Lipinski definition) is 3. The Bertz CT molecular complexity index is 643. The molecule has 0 atom stereocenters. The average Bonchev–Trinajstić information content (AvgIpc) is 2.37. The third-order valence-electron chi connectivity index (χ3n) is 2.55. The molecule has 1 aromatic heterocycles. The molecule has 0 unspecified atom stereocenters. The number of rotatable bonds is 2. The minimum Gasteiger partial charge on any atom is -0.504 e. The number of phenolic OH excluding ortho intramolecular Hbond substituents is 2. The summed E-state index contributed by atoms with van der Waals surface area (Å²) < 4.78 is 0. The lowest BCUT2D eigenvalue weighted by Crippen LogP contribution is -2.15. The van der Waals surface area contributed by atoms with Gasteiger partial charge in [-0.15, -0.1) is 5.10 Å². The Balaban J connectivity index is 2.20. The first-order chi connectivity index (χ1) is 8.97. The number of phenols is 2. The van der Waals surface area contributed by atoms with Crippen molar-refractivity contribution in [3.63, 3.8) is 0 Å². The van der Waals surface area contributed by atoms with Gasteiger partial charge >= 0.3 is 0 Å². The maximum absolute atomic E-state index is 11.9. The monoisotopic (exact) mass is 260 g/mol. The van der Waals surface area contributed by atoms with Crippen LogP contribution in [-0.2, 0) is 0 Å². The molecule has 2 rings (SSSR count). The van der Waals surface area contributed by atoms with Crippen molar-refractivity contribution in [2.75, 3.05) is 5.32 Å². The van der Waals surface area contributed by atoms with E-state index in [2.05, 4.69) is 20.5 Å². The van der Waals surface area contributed by atoms with Crippen molar-refractivity contribution in [1.29, 1.82) is 0 Å². The van der Waals surface area contributed by atoms with Gasteiger partial charge in [-0.1, -0.05) is 0 Å². The minimum absolute atomic E-state index is 0.0839. The summed E-state index contributed by atoms with van der Waals surface area (Å²) in [5.74, 6) is -1.08. The third-order valence-corrected chi connectivity index (χ3v) is 2.55. The highest BCUT2D eigenvalue weighted by molar-refractivity contribution is 6.03. The van der Waals surface area contributed by atoms with Gasteiger partial charge in [0.2, 0.25) is 5.95 Å². The predicted octanol–water partition coefficient (Wildman–Crippen LogP) is 1.15. The first kappa shape index (κ1) is 12.7. The normalized spacial score (nSPS) is 10.2. The molecule has 1 heterocycles. The van der Waals surface area contributed by atoms with Crippen LogP contribution >= 0.6 is 0 Å². The summed E-state index contributed by atoms with van der Waals surface area (Å²) in [5.41, 5.74) is 1.52. The smallest absolute Gasteiger partial charge is 0.258 e. The highest BCUT2D eigenvalue weighted by Crippen LogP contribution is 2.25. The molecule has 0 saturated heterocycles. The Morgan fingerprint density at radius 2 is 1.84 bits per heavy atom. The zero-order valence-corrected chi connectivity index (χ0v) is 10.4. The first-order valence-corrected chi connectivity index (χ1v) is 5.48. The molecule has 0 aliphatic rings. The molecule has 19 heavy (non-hydrogen) atoms. The predicted molar refractivity (Wildman–Crippen MR) is 67.0 cm³/mol. The Morgan fingerprint density at radius 1 is 1.11 bits per heavy atom. The molecule has 3 N–H and O–H groups in total. The molecule has 1 aromatic carbocycles. The van der Waals surface area contributed by atoms with Crippen molar-refractivity contribution in [3.8, 4) is 11.5 Å². The highest BCUT2D eigenvalue weighted by atomic mass is 16.3. The molecule has 98 valence electrons. The summed E-state index contributed by atoms with van der Waals surface area (Å²) in [5, 5.41) is 28.5. The maximum Gasteiger partial charge on any atom is 0.258 e. The molecule has 2 aromatic rings. The van der Waals surface area contributed by atoms with E-state index >= 15 is 0 Å². The number of carbonyl (C=O) groups excluding carboxylic acids is 1.